The lowest BCUT2D eigenvalue weighted by molar-refractivity contribution is 0.410. The van der Waals surface area contributed by atoms with E-state index in [0.717, 1.165) is 59.4 Å². The van der Waals surface area contributed by atoms with Gasteiger partial charge in [-0.3, -0.25) is 0 Å². The number of nitrogens with one attached hydrogen (secondary N) is 1. The Morgan fingerprint density at radius 3 is 2.52 bits per heavy atom. The Morgan fingerprint density at radius 2 is 1.79 bits per heavy atom. The minimum Gasteiger partial charge on any atom is -0.367 e. The number of hydrogen-bond donors (Lipinski definition) is 2. The fourth-order valence-corrected chi connectivity index (χ4v) is 3.93. The molecule has 1 fully saturated rings. The lowest BCUT2D eigenvalue weighted by Crippen LogP contribution is -2.33. The molecule has 4 rings (SSSR count). The van der Waals surface area contributed by atoms with Crippen molar-refractivity contribution in [1.29, 1.82) is 0 Å². The molecule has 1 heterocycles. The molecule has 3 N–H and O–H groups in total. The molecule has 0 atom stereocenters. The molecule has 4 nitrogen and oxygen atoms in total. The highest BCUT2D eigenvalue weighted by Gasteiger charge is 2.20. The monoisotopic (exact) mass is 406 g/mol. The molecular weight excluding hydrogens is 380 g/mol. The van der Waals surface area contributed by atoms with E-state index >= 15 is 0 Å². The quantitative estimate of drug-likeness (QED) is 0.570. The van der Waals surface area contributed by atoms with Crippen LogP contribution < -0.4 is 11.1 Å². The molecule has 0 bridgehead atoms. The first kappa shape index (κ1) is 19.9. The number of hydrogen-bond acceptors (Lipinski definition) is 4. The van der Waals surface area contributed by atoms with Crippen LogP contribution in [0.5, 0.6) is 0 Å². The Hall–Kier alpha value is -2.43. The second-order valence-electron chi connectivity index (χ2n) is 7.78. The summed E-state index contributed by atoms with van der Waals surface area (Å²) >= 11 is 5.98. The van der Waals surface area contributed by atoms with E-state index in [1.807, 2.05) is 36.4 Å². The van der Waals surface area contributed by atoms with Crippen molar-refractivity contribution < 1.29 is 0 Å². The van der Waals surface area contributed by atoms with E-state index in [1.54, 1.807) is 0 Å². The van der Waals surface area contributed by atoms with Crippen LogP contribution in [0.4, 0.5) is 5.82 Å². The van der Waals surface area contributed by atoms with Gasteiger partial charge in [0.25, 0.3) is 0 Å². The summed E-state index contributed by atoms with van der Waals surface area (Å²) in [6.45, 7) is 2.17. The SMILES string of the molecule is CCc1ccc2nc(/C=C\c3ccc(Cl)cc3)nc(NC3CCC(N)CC3)c2c1. The number of nitrogens with two attached hydrogens (primary N) is 1. The Kier molecular flexibility index (Phi) is 6.12. The van der Waals surface area contributed by atoms with Crippen LogP contribution in [0.1, 0.15) is 49.6 Å². The molecule has 0 radical (unpaired) electrons. The maximum Gasteiger partial charge on any atom is 0.154 e. The van der Waals surface area contributed by atoms with Crippen molar-refractivity contribution >= 4 is 40.5 Å². The molecule has 5 heteroatoms. The molecule has 0 saturated heterocycles. The van der Waals surface area contributed by atoms with E-state index in [9.17, 15) is 0 Å². The number of rotatable bonds is 5. The summed E-state index contributed by atoms with van der Waals surface area (Å²) in [5.74, 6) is 1.62. The summed E-state index contributed by atoms with van der Waals surface area (Å²) in [7, 11) is 0. The van der Waals surface area contributed by atoms with Gasteiger partial charge in [0.05, 0.1) is 5.52 Å². The second kappa shape index (κ2) is 8.93. The van der Waals surface area contributed by atoms with Crippen LogP contribution in [-0.2, 0) is 6.42 Å². The van der Waals surface area contributed by atoms with Crippen molar-refractivity contribution in [2.75, 3.05) is 5.32 Å². The van der Waals surface area contributed by atoms with Crippen LogP contribution in [0.3, 0.4) is 0 Å². The van der Waals surface area contributed by atoms with Gasteiger partial charge in [0.1, 0.15) is 5.82 Å². The van der Waals surface area contributed by atoms with Crippen LogP contribution in [0.15, 0.2) is 42.5 Å². The lowest BCUT2D eigenvalue weighted by Gasteiger charge is -2.27. The van der Waals surface area contributed by atoms with Crippen molar-refractivity contribution in [3.8, 4) is 0 Å². The Bertz CT molecular complexity index is 1010. The maximum absolute atomic E-state index is 6.08. The number of benzene rings is 2. The van der Waals surface area contributed by atoms with E-state index in [2.05, 4.69) is 30.4 Å². The van der Waals surface area contributed by atoms with Crippen molar-refractivity contribution in [1.82, 2.24) is 9.97 Å². The molecule has 0 spiro atoms. The van der Waals surface area contributed by atoms with Crippen molar-refractivity contribution in [3.05, 3.63) is 64.4 Å². The minimum absolute atomic E-state index is 0.333. The molecule has 1 aliphatic rings. The van der Waals surface area contributed by atoms with Crippen LogP contribution >= 0.6 is 11.6 Å². The van der Waals surface area contributed by atoms with Crippen LogP contribution in [0.25, 0.3) is 23.1 Å². The number of nitrogens with zero attached hydrogens (tertiary/aromatic N) is 2. The molecular formula is C24H27ClN4. The van der Waals surface area contributed by atoms with Gasteiger partial charge >= 0.3 is 0 Å². The number of aryl methyl sites for hydroxylation is 1. The van der Waals surface area contributed by atoms with Gasteiger partial charge in [0.2, 0.25) is 0 Å². The molecule has 29 heavy (non-hydrogen) atoms. The summed E-state index contributed by atoms with van der Waals surface area (Å²) in [6.07, 6.45) is 9.24. The second-order valence-corrected chi connectivity index (χ2v) is 8.21. The molecule has 0 amide bonds. The van der Waals surface area contributed by atoms with Gasteiger partial charge in [0.15, 0.2) is 5.82 Å². The molecule has 150 valence electrons. The highest BCUT2D eigenvalue weighted by Crippen LogP contribution is 2.27. The molecule has 3 aromatic rings. The predicted octanol–water partition coefficient (Wildman–Crippen LogP) is 5.70. The summed E-state index contributed by atoms with van der Waals surface area (Å²) in [4.78, 5) is 9.62. The predicted molar refractivity (Wildman–Crippen MR) is 123 cm³/mol. The number of anilines is 1. The summed E-state index contributed by atoms with van der Waals surface area (Å²) in [5.41, 5.74) is 9.39. The van der Waals surface area contributed by atoms with Crippen molar-refractivity contribution in [2.24, 2.45) is 5.73 Å². The van der Waals surface area contributed by atoms with Gasteiger partial charge in [-0.2, -0.15) is 0 Å². The van der Waals surface area contributed by atoms with Crippen molar-refractivity contribution in [2.45, 2.75) is 51.1 Å². The first-order valence-electron chi connectivity index (χ1n) is 10.4. The van der Waals surface area contributed by atoms with Gasteiger partial charge in [-0.15, -0.1) is 0 Å². The van der Waals surface area contributed by atoms with Gasteiger partial charge in [0, 0.05) is 22.5 Å². The molecule has 2 aromatic carbocycles. The van der Waals surface area contributed by atoms with E-state index in [-0.39, 0.29) is 0 Å². The standard InChI is InChI=1S/C24H27ClN4/c1-2-16-5-13-22-21(15-16)24(27-20-11-9-19(26)10-12-20)29-23(28-22)14-6-17-3-7-18(25)8-4-17/h3-8,13-15,19-20H,2,9-12,26H2,1H3,(H,27,28,29)/b14-6-. The zero-order valence-electron chi connectivity index (χ0n) is 16.7. The molecule has 1 aromatic heterocycles. The molecule has 0 aliphatic heterocycles. The van der Waals surface area contributed by atoms with E-state index in [0.29, 0.717) is 17.9 Å². The summed E-state index contributed by atoms with van der Waals surface area (Å²) in [5, 5.41) is 5.50. The summed E-state index contributed by atoms with van der Waals surface area (Å²) < 4.78 is 0. The molecule has 1 saturated carbocycles. The molecule has 1 aliphatic carbocycles. The zero-order valence-corrected chi connectivity index (χ0v) is 17.5. The topological polar surface area (TPSA) is 63.8 Å². The third-order valence-electron chi connectivity index (χ3n) is 5.59. The highest BCUT2D eigenvalue weighted by molar-refractivity contribution is 6.30. The third kappa shape index (κ3) is 4.95. The Balaban J connectivity index is 1.67. The van der Waals surface area contributed by atoms with Gasteiger partial charge in [-0.05, 0) is 73.6 Å². The van der Waals surface area contributed by atoms with Gasteiger partial charge in [-0.25, -0.2) is 9.97 Å². The van der Waals surface area contributed by atoms with Crippen LogP contribution in [-0.4, -0.2) is 22.1 Å². The molecule has 0 unspecified atom stereocenters. The Morgan fingerprint density at radius 1 is 1.03 bits per heavy atom. The Labute approximate surface area is 177 Å². The number of fused-ring (bicyclic) bond motifs is 1. The van der Waals surface area contributed by atoms with E-state index in [4.69, 9.17) is 27.3 Å². The zero-order chi connectivity index (χ0) is 20.2. The number of halogens is 1. The van der Waals surface area contributed by atoms with E-state index < -0.39 is 0 Å². The van der Waals surface area contributed by atoms with Crippen LogP contribution in [0.2, 0.25) is 5.02 Å². The smallest absolute Gasteiger partial charge is 0.154 e. The first-order valence-corrected chi connectivity index (χ1v) is 10.7. The summed E-state index contributed by atoms with van der Waals surface area (Å²) in [6, 6.07) is 14.9. The third-order valence-corrected chi connectivity index (χ3v) is 5.85. The maximum atomic E-state index is 6.08. The average molecular weight is 407 g/mol. The van der Waals surface area contributed by atoms with Crippen LogP contribution in [0, 0.1) is 0 Å². The average Bonchev–Trinajstić information content (AvgIpc) is 2.74. The lowest BCUT2D eigenvalue weighted by atomic mass is 9.92. The normalized spacial score (nSPS) is 19.7. The van der Waals surface area contributed by atoms with Gasteiger partial charge in [-0.1, -0.05) is 42.8 Å². The highest BCUT2D eigenvalue weighted by atomic mass is 35.5. The van der Waals surface area contributed by atoms with E-state index in [1.165, 1.54) is 5.56 Å². The van der Waals surface area contributed by atoms with Crippen molar-refractivity contribution in [3.63, 3.8) is 0 Å². The minimum atomic E-state index is 0.333. The largest absolute Gasteiger partial charge is 0.367 e. The fraction of sp³-hybridized carbons (Fsp3) is 0.333. The fourth-order valence-electron chi connectivity index (χ4n) is 3.80. The van der Waals surface area contributed by atoms with Gasteiger partial charge < -0.3 is 11.1 Å². The first-order chi connectivity index (χ1) is 14.1. The number of aromatic nitrogens is 2.